The van der Waals surface area contributed by atoms with Crippen molar-refractivity contribution in [3.63, 3.8) is 0 Å². The molecule has 4 heteroatoms. The summed E-state index contributed by atoms with van der Waals surface area (Å²) in [6.07, 6.45) is 6.52. The fourth-order valence-corrected chi connectivity index (χ4v) is 3.29. The maximum Gasteiger partial charge on any atom is 0.228 e. The summed E-state index contributed by atoms with van der Waals surface area (Å²) in [6.45, 7) is 1.99. The number of carbonyl (C=O) groups excluding carboxylic acids is 2. The van der Waals surface area contributed by atoms with Crippen LogP contribution in [0.3, 0.4) is 0 Å². The monoisotopic (exact) mass is 300 g/mol. The van der Waals surface area contributed by atoms with Crippen LogP contribution in [-0.2, 0) is 9.59 Å². The minimum Gasteiger partial charge on any atom is -0.353 e. The highest BCUT2D eigenvalue weighted by Crippen LogP contribution is 2.40. The van der Waals surface area contributed by atoms with Gasteiger partial charge in [-0.25, -0.2) is 0 Å². The lowest BCUT2D eigenvalue weighted by molar-refractivity contribution is -0.126. The molecule has 4 nitrogen and oxygen atoms in total. The number of anilines is 1. The normalized spacial score (nSPS) is 24.6. The van der Waals surface area contributed by atoms with Crippen molar-refractivity contribution in [2.75, 3.05) is 5.32 Å². The molecule has 2 unspecified atom stereocenters. The molecular weight excluding hydrogens is 276 g/mol. The first-order valence-corrected chi connectivity index (χ1v) is 8.31. The average Bonchev–Trinajstić information content (AvgIpc) is 3.29. The Balaban J connectivity index is 1.48. The van der Waals surface area contributed by atoms with E-state index in [9.17, 15) is 9.59 Å². The van der Waals surface area contributed by atoms with Crippen molar-refractivity contribution in [3.8, 4) is 0 Å². The van der Waals surface area contributed by atoms with Gasteiger partial charge in [-0.2, -0.15) is 0 Å². The molecule has 0 radical (unpaired) electrons. The first-order chi connectivity index (χ1) is 10.6. The van der Waals surface area contributed by atoms with Gasteiger partial charge in [0.2, 0.25) is 11.8 Å². The Kier molecular flexibility index (Phi) is 4.46. The maximum atomic E-state index is 12.2. The molecule has 2 aliphatic carbocycles. The highest BCUT2D eigenvalue weighted by Gasteiger charge is 2.48. The van der Waals surface area contributed by atoms with Gasteiger partial charge in [0.15, 0.2) is 0 Å². The molecule has 2 aliphatic rings. The Morgan fingerprint density at radius 3 is 2.50 bits per heavy atom. The molecule has 22 heavy (non-hydrogen) atoms. The maximum absolute atomic E-state index is 12.2. The van der Waals surface area contributed by atoms with E-state index >= 15 is 0 Å². The van der Waals surface area contributed by atoms with E-state index in [1.165, 1.54) is 19.3 Å². The average molecular weight is 300 g/mol. The van der Waals surface area contributed by atoms with Crippen LogP contribution in [0.5, 0.6) is 0 Å². The molecule has 3 rings (SSSR count). The summed E-state index contributed by atoms with van der Waals surface area (Å²) < 4.78 is 0. The molecule has 0 aromatic heterocycles. The number of amides is 2. The Morgan fingerprint density at radius 2 is 1.77 bits per heavy atom. The van der Waals surface area contributed by atoms with Gasteiger partial charge in [-0.1, -0.05) is 31.4 Å². The second-order valence-electron chi connectivity index (χ2n) is 6.65. The van der Waals surface area contributed by atoms with Gasteiger partial charge in [0.1, 0.15) is 0 Å². The van der Waals surface area contributed by atoms with Gasteiger partial charge in [0.25, 0.3) is 0 Å². The van der Waals surface area contributed by atoms with Crippen LogP contribution in [0, 0.1) is 18.8 Å². The minimum atomic E-state index is -0.163. The van der Waals surface area contributed by atoms with Crippen molar-refractivity contribution < 1.29 is 9.59 Å². The summed E-state index contributed by atoms with van der Waals surface area (Å²) in [5.41, 5.74) is 1.92. The Labute approximate surface area is 131 Å². The molecular formula is C18H24N2O2. The first kappa shape index (κ1) is 15.1. The van der Waals surface area contributed by atoms with Crippen molar-refractivity contribution in [3.05, 3.63) is 29.8 Å². The van der Waals surface area contributed by atoms with Crippen molar-refractivity contribution in [1.29, 1.82) is 0 Å². The van der Waals surface area contributed by atoms with Gasteiger partial charge in [-0.15, -0.1) is 0 Å². The van der Waals surface area contributed by atoms with E-state index in [0.717, 1.165) is 24.1 Å². The lowest BCUT2D eigenvalue weighted by atomic mass is 9.95. The highest BCUT2D eigenvalue weighted by molar-refractivity contribution is 5.99. The predicted molar refractivity (Wildman–Crippen MR) is 86.4 cm³/mol. The van der Waals surface area contributed by atoms with E-state index in [2.05, 4.69) is 10.6 Å². The van der Waals surface area contributed by atoms with E-state index < -0.39 is 0 Å². The van der Waals surface area contributed by atoms with Crippen LogP contribution in [0.4, 0.5) is 5.69 Å². The molecule has 2 atom stereocenters. The van der Waals surface area contributed by atoms with Crippen molar-refractivity contribution in [1.82, 2.24) is 5.32 Å². The summed E-state index contributed by atoms with van der Waals surface area (Å²) in [4.78, 5) is 24.4. The zero-order valence-corrected chi connectivity index (χ0v) is 13.1. The van der Waals surface area contributed by atoms with Crippen LogP contribution >= 0.6 is 0 Å². The Bertz CT molecular complexity index is 564. The minimum absolute atomic E-state index is 0.0330. The van der Waals surface area contributed by atoms with Crippen molar-refractivity contribution >= 4 is 17.5 Å². The molecule has 1 aromatic carbocycles. The summed E-state index contributed by atoms with van der Waals surface area (Å²) in [6, 6.07) is 8.06. The van der Waals surface area contributed by atoms with Crippen LogP contribution in [0.25, 0.3) is 0 Å². The topological polar surface area (TPSA) is 58.2 Å². The molecule has 2 N–H and O–H groups in total. The number of rotatable bonds is 4. The second kappa shape index (κ2) is 6.51. The largest absolute Gasteiger partial charge is 0.353 e. The summed E-state index contributed by atoms with van der Waals surface area (Å²) >= 11 is 0. The molecule has 2 fully saturated rings. The van der Waals surface area contributed by atoms with Gasteiger partial charge in [0, 0.05) is 11.7 Å². The van der Waals surface area contributed by atoms with Crippen molar-refractivity contribution in [2.45, 2.75) is 51.5 Å². The van der Waals surface area contributed by atoms with Gasteiger partial charge in [0.05, 0.1) is 11.8 Å². The van der Waals surface area contributed by atoms with Gasteiger partial charge in [-0.05, 0) is 43.9 Å². The predicted octanol–water partition coefficient (Wildman–Crippen LogP) is 3.02. The quantitative estimate of drug-likeness (QED) is 0.898. The van der Waals surface area contributed by atoms with Crippen LogP contribution in [0.2, 0.25) is 0 Å². The third kappa shape index (κ3) is 3.67. The molecule has 0 bridgehead atoms. The number of benzene rings is 1. The van der Waals surface area contributed by atoms with Crippen LogP contribution < -0.4 is 10.6 Å². The summed E-state index contributed by atoms with van der Waals surface area (Å²) in [7, 11) is 0. The Morgan fingerprint density at radius 1 is 1.05 bits per heavy atom. The fourth-order valence-electron chi connectivity index (χ4n) is 3.29. The van der Waals surface area contributed by atoms with E-state index in [-0.39, 0.29) is 23.7 Å². The lowest BCUT2D eigenvalue weighted by Crippen LogP contribution is -2.37. The second-order valence-corrected chi connectivity index (χ2v) is 6.65. The molecule has 0 heterocycles. The zero-order chi connectivity index (χ0) is 15.5. The molecule has 118 valence electrons. The highest BCUT2D eigenvalue weighted by atomic mass is 16.2. The summed E-state index contributed by atoms with van der Waals surface area (Å²) in [5.74, 6) is -0.262. The van der Waals surface area contributed by atoms with Crippen molar-refractivity contribution in [2.24, 2.45) is 11.8 Å². The number of aryl methyl sites for hydroxylation is 1. The first-order valence-electron chi connectivity index (χ1n) is 8.31. The van der Waals surface area contributed by atoms with Crippen LogP contribution in [0.15, 0.2) is 24.3 Å². The standard InChI is InChI=1S/C18H24N2O2/c1-12-6-5-9-14(10-12)20-18(22)16-11-15(16)17(21)19-13-7-3-2-4-8-13/h5-6,9-10,13,15-16H,2-4,7-8,11H2,1H3,(H,19,21)(H,20,22). The van der Waals surface area contributed by atoms with Gasteiger partial charge in [-0.3, -0.25) is 9.59 Å². The molecule has 0 saturated heterocycles. The van der Waals surface area contributed by atoms with Crippen LogP contribution in [0.1, 0.15) is 44.1 Å². The third-order valence-electron chi connectivity index (χ3n) is 4.70. The molecule has 0 spiro atoms. The molecule has 1 aromatic rings. The van der Waals surface area contributed by atoms with Gasteiger partial charge < -0.3 is 10.6 Å². The number of nitrogens with one attached hydrogen (secondary N) is 2. The van der Waals surface area contributed by atoms with E-state index in [4.69, 9.17) is 0 Å². The third-order valence-corrected chi connectivity index (χ3v) is 4.70. The Hall–Kier alpha value is -1.84. The fraction of sp³-hybridized carbons (Fsp3) is 0.556. The van der Waals surface area contributed by atoms with Gasteiger partial charge >= 0.3 is 0 Å². The SMILES string of the molecule is Cc1cccc(NC(=O)C2CC2C(=O)NC2CCCCC2)c1. The zero-order valence-electron chi connectivity index (χ0n) is 13.1. The smallest absolute Gasteiger partial charge is 0.228 e. The molecule has 2 saturated carbocycles. The lowest BCUT2D eigenvalue weighted by Gasteiger charge is -2.22. The molecule has 2 amide bonds. The number of hydrogen-bond acceptors (Lipinski definition) is 2. The molecule has 0 aliphatic heterocycles. The summed E-state index contributed by atoms with van der Waals surface area (Å²) in [5, 5.41) is 6.03. The number of carbonyl (C=O) groups is 2. The number of hydrogen-bond donors (Lipinski definition) is 2. The van der Waals surface area contributed by atoms with E-state index in [0.29, 0.717) is 12.5 Å². The van der Waals surface area contributed by atoms with E-state index in [1.54, 1.807) is 0 Å². The van der Waals surface area contributed by atoms with Crippen LogP contribution in [-0.4, -0.2) is 17.9 Å². The van der Waals surface area contributed by atoms with E-state index in [1.807, 2.05) is 31.2 Å².